The Hall–Kier alpha value is -1.32. The molecule has 2 aromatic carbocycles. The lowest BCUT2D eigenvalue weighted by molar-refractivity contribution is 0.103. The van der Waals surface area contributed by atoms with E-state index >= 15 is 0 Å². The number of halogens is 2. The van der Waals surface area contributed by atoms with E-state index in [1.807, 2.05) is 18.4 Å². The van der Waals surface area contributed by atoms with E-state index in [1.54, 1.807) is 23.9 Å². The average molecular weight is 281 g/mol. The van der Waals surface area contributed by atoms with Crippen molar-refractivity contribution >= 4 is 29.1 Å². The molecule has 92 valence electrons. The number of hydrogen-bond donors (Lipinski definition) is 0. The van der Waals surface area contributed by atoms with Crippen LogP contribution >= 0.6 is 23.4 Å². The van der Waals surface area contributed by atoms with Crippen LogP contribution in [-0.2, 0) is 0 Å². The molecule has 0 saturated heterocycles. The van der Waals surface area contributed by atoms with Crippen molar-refractivity contribution in [2.75, 3.05) is 6.26 Å². The number of ketones is 1. The molecule has 0 radical (unpaired) electrons. The van der Waals surface area contributed by atoms with E-state index in [4.69, 9.17) is 11.6 Å². The van der Waals surface area contributed by atoms with Gasteiger partial charge in [-0.05, 0) is 48.7 Å². The summed E-state index contributed by atoms with van der Waals surface area (Å²) in [6, 6.07) is 11.1. The van der Waals surface area contributed by atoms with Crippen molar-refractivity contribution in [1.82, 2.24) is 0 Å². The number of thioether (sulfide) groups is 1. The SMILES string of the molecule is CSc1ccc(C(=O)c2ccc(Cl)cc2F)cc1. The number of benzene rings is 2. The second-order valence-corrected chi connectivity index (χ2v) is 5.00. The Balaban J connectivity index is 2.35. The summed E-state index contributed by atoms with van der Waals surface area (Å²) in [7, 11) is 0. The Kier molecular flexibility index (Phi) is 4.04. The molecule has 0 spiro atoms. The van der Waals surface area contributed by atoms with Crippen molar-refractivity contribution in [3.63, 3.8) is 0 Å². The van der Waals surface area contributed by atoms with Crippen LogP contribution in [0, 0.1) is 5.82 Å². The zero-order chi connectivity index (χ0) is 13.1. The molecule has 0 unspecified atom stereocenters. The van der Waals surface area contributed by atoms with Crippen LogP contribution in [-0.4, -0.2) is 12.0 Å². The first-order chi connectivity index (χ1) is 8.61. The van der Waals surface area contributed by atoms with Crippen LogP contribution in [0.5, 0.6) is 0 Å². The third-order valence-corrected chi connectivity index (χ3v) is 3.51. The van der Waals surface area contributed by atoms with Gasteiger partial charge in [0.15, 0.2) is 5.78 Å². The number of rotatable bonds is 3. The Bertz CT molecular complexity index is 581. The van der Waals surface area contributed by atoms with Crippen LogP contribution in [0.15, 0.2) is 47.4 Å². The third-order valence-electron chi connectivity index (χ3n) is 2.53. The number of hydrogen-bond acceptors (Lipinski definition) is 2. The minimum atomic E-state index is -0.596. The lowest BCUT2D eigenvalue weighted by atomic mass is 10.0. The van der Waals surface area contributed by atoms with E-state index in [2.05, 4.69) is 0 Å². The van der Waals surface area contributed by atoms with E-state index in [1.165, 1.54) is 12.1 Å². The Morgan fingerprint density at radius 3 is 2.39 bits per heavy atom. The van der Waals surface area contributed by atoms with Gasteiger partial charge in [0, 0.05) is 15.5 Å². The molecule has 0 bridgehead atoms. The summed E-state index contributed by atoms with van der Waals surface area (Å²) in [5.41, 5.74) is 0.505. The van der Waals surface area contributed by atoms with Crippen molar-refractivity contribution in [3.8, 4) is 0 Å². The fourth-order valence-corrected chi connectivity index (χ4v) is 2.14. The van der Waals surface area contributed by atoms with Gasteiger partial charge in [-0.2, -0.15) is 0 Å². The van der Waals surface area contributed by atoms with Gasteiger partial charge in [0.25, 0.3) is 0 Å². The van der Waals surface area contributed by atoms with E-state index in [9.17, 15) is 9.18 Å². The first-order valence-corrected chi connectivity index (χ1v) is 6.86. The fourth-order valence-electron chi connectivity index (χ4n) is 1.57. The van der Waals surface area contributed by atoms with E-state index in [-0.39, 0.29) is 16.4 Å². The summed E-state index contributed by atoms with van der Waals surface area (Å²) in [5, 5.41) is 0.279. The summed E-state index contributed by atoms with van der Waals surface area (Å²) >= 11 is 7.24. The molecule has 18 heavy (non-hydrogen) atoms. The maximum Gasteiger partial charge on any atom is 0.195 e. The van der Waals surface area contributed by atoms with Gasteiger partial charge in [-0.3, -0.25) is 4.79 Å². The maximum atomic E-state index is 13.6. The predicted octanol–water partition coefficient (Wildman–Crippen LogP) is 4.43. The standard InChI is InChI=1S/C14H10ClFOS/c1-18-11-5-2-9(3-6-11)14(17)12-7-4-10(15)8-13(12)16/h2-8H,1H3. The van der Waals surface area contributed by atoms with E-state index < -0.39 is 5.82 Å². The second kappa shape index (κ2) is 5.55. The van der Waals surface area contributed by atoms with Gasteiger partial charge in [-0.25, -0.2) is 4.39 Å². The monoisotopic (exact) mass is 280 g/mol. The lowest BCUT2D eigenvalue weighted by Gasteiger charge is -2.04. The van der Waals surface area contributed by atoms with Crippen LogP contribution in [0.4, 0.5) is 4.39 Å². The van der Waals surface area contributed by atoms with Gasteiger partial charge in [0.2, 0.25) is 0 Å². The molecule has 0 aliphatic carbocycles. The van der Waals surface area contributed by atoms with Crippen molar-refractivity contribution in [2.45, 2.75) is 4.90 Å². The molecule has 0 aliphatic rings. The first-order valence-electron chi connectivity index (χ1n) is 5.25. The lowest BCUT2D eigenvalue weighted by Crippen LogP contribution is -2.04. The fraction of sp³-hybridized carbons (Fsp3) is 0.0714. The van der Waals surface area contributed by atoms with Gasteiger partial charge < -0.3 is 0 Å². The van der Waals surface area contributed by atoms with Gasteiger partial charge in [-0.15, -0.1) is 11.8 Å². The maximum absolute atomic E-state index is 13.6. The largest absolute Gasteiger partial charge is 0.288 e. The number of carbonyl (C=O) groups excluding carboxylic acids is 1. The van der Waals surface area contributed by atoms with Crippen molar-refractivity contribution in [1.29, 1.82) is 0 Å². The Morgan fingerprint density at radius 2 is 1.83 bits per heavy atom. The molecule has 0 atom stereocenters. The summed E-state index contributed by atoms with van der Waals surface area (Å²) in [4.78, 5) is 13.1. The van der Waals surface area contributed by atoms with Gasteiger partial charge in [-0.1, -0.05) is 11.6 Å². The Morgan fingerprint density at radius 1 is 1.17 bits per heavy atom. The van der Waals surface area contributed by atoms with Crippen LogP contribution in [0.2, 0.25) is 5.02 Å². The molecule has 1 nitrogen and oxygen atoms in total. The summed E-state index contributed by atoms with van der Waals surface area (Å²) in [6.07, 6.45) is 1.95. The highest BCUT2D eigenvalue weighted by Gasteiger charge is 2.14. The minimum absolute atomic E-state index is 0.0382. The average Bonchev–Trinajstić information content (AvgIpc) is 2.38. The Labute approximate surface area is 114 Å². The molecule has 0 aliphatic heterocycles. The van der Waals surface area contributed by atoms with Gasteiger partial charge in [0.05, 0.1) is 5.56 Å². The van der Waals surface area contributed by atoms with Crippen LogP contribution in [0.3, 0.4) is 0 Å². The minimum Gasteiger partial charge on any atom is -0.288 e. The smallest absolute Gasteiger partial charge is 0.195 e. The topological polar surface area (TPSA) is 17.1 Å². The number of carbonyl (C=O) groups is 1. The van der Waals surface area contributed by atoms with E-state index in [0.717, 1.165) is 11.0 Å². The second-order valence-electron chi connectivity index (χ2n) is 3.68. The third kappa shape index (κ3) is 2.74. The highest BCUT2D eigenvalue weighted by molar-refractivity contribution is 7.98. The highest BCUT2D eigenvalue weighted by atomic mass is 35.5. The zero-order valence-corrected chi connectivity index (χ0v) is 11.2. The van der Waals surface area contributed by atoms with E-state index in [0.29, 0.717) is 5.56 Å². The zero-order valence-electron chi connectivity index (χ0n) is 9.61. The molecule has 0 aromatic heterocycles. The molecule has 4 heteroatoms. The van der Waals surface area contributed by atoms with Crippen LogP contribution < -0.4 is 0 Å². The van der Waals surface area contributed by atoms with Crippen LogP contribution in [0.25, 0.3) is 0 Å². The van der Waals surface area contributed by atoms with Crippen LogP contribution in [0.1, 0.15) is 15.9 Å². The van der Waals surface area contributed by atoms with Crippen molar-refractivity contribution < 1.29 is 9.18 Å². The predicted molar refractivity (Wildman–Crippen MR) is 73.1 cm³/mol. The summed E-state index contributed by atoms with van der Waals surface area (Å²) in [6.45, 7) is 0. The van der Waals surface area contributed by atoms with Gasteiger partial charge in [0.1, 0.15) is 5.82 Å². The molecule has 0 saturated carbocycles. The molecular formula is C14H10ClFOS. The molecule has 0 fully saturated rings. The summed E-state index contributed by atoms with van der Waals surface area (Å²) in [5.74, 6) is -0.932. The molecule has 0 heterocycles. The quantitative estimate of drug-likeness (QED) is 0.611. The molecule has 2 rings (SSSR count). The van der Waals surface area contributed by atoms with Gasteiger partial charge >= 0.3 is 0 Å². The molecule has 0 N–H and O–H groups in total. The first kappa shape index (κ1) is 13.1. The van der Waals surface area contributed by atoms with Crippen molar-refractivity contribution in [2.24, 2.45) is 0 Å². The normalized spacial score (nSPS) is 10.4. The highest BCUT2D eigenvalue weighted by Crippen LogP contribution is 2.20. The molecular weight excluding hydrogens is 271 g/mol. The molecule has 2 aromatic rings. The molecule has 0 amide bonds. The van der Waals surface area contributed by atoms with Crippen molar-refractivity contribution in [3.05, 3.63) is 64.4 Å². The summed E-state index contributed by atoms with van der Waals surface area (Å²) < 4.78 is 13.6.